The second kappa shape index (κ2) is 4.61. The number of halogens is 1. The molecule has 4 saturated carbocycles. The van der Waals surface area contributed by atoms with Gasteiger partial charge in [0.2, 0.25) is 0 Å². The highest BCUT2D eigenvalue weighted by Gasteiger charge is 2.51. The van der Waals surface area contributed by atoms with Crippen molar-refractivity contribution in [1.29, 1.82) is 5.41 Å². The summed E-state index contributed by atoms with van der Waals surface area (Å²) in [5.41, 5.74) is 11.1. The van der Waals surface area contributed by atoms with Crippen molar-refractivity contribution in [3.63, 3.8) is 0 Å². The maximum absolute atomic E-state index is 7.17. The molecule has 0 aromatic rings. The molecule has 4 aliphatic carbocycles. The molecule has 6 heteroatoms. The van der Waals surface area contributed by atoms with Crippen LogP contribution in [0.15, 0.2) is 4.99 Å². The molecular weight excluding hydrogens is 250 g/mol. The van der Waals surface area contributed by atoms with Gasteiger partial charge in [0.1, 0.15) is 0 Å². The third-order valence-electron chi connectivity index (χ3n) is 4.63. The van der Waals surface area contributed by atoms with Crippen molar-refractivity contribution < 1.29 is 0 Å². The molecule has 0 saturated heterocycles. The SMILES string of the molecule is Cl.N=C(N)NC(N)=NC12CC3CC(CC(C3)C1)C2. The predicted octanol–water partition coefficient (Wildman–Crippen LogP) is 1.17. The minimum atomic E-state index is -0.129. The van der Waals surface area contributed by atoms with Crippen molar-refractivity contribution in [2.24, 2.45) is 34.2 Å². The van der Waals surface area contributed by atoms with Crippen LogP contribution in [0.2, 0.25) is 0 Å². The van der Waals surface area contributed by atoms with Crippen molar-refractivity contribution in [2.45, 2.75) is 44.1 Å². The summed E-state index contributed by atoms with van der Waals surface area (Å²) >= 11 is 0. The van der Waals surface area contributed by atoms with Crippen molar-refractivity contribution in [3.8, 4) is 0 Å². The van der Waals surface area contributed by atoms with Crippen LogP contribution >= 0.6 is 12.4 Å². The minimum absolute atomic E-state index is 0. The highest BCUT2D eigenvalue weighted by atomic mass is 35.5. The van der Waals surface area contributed by atoms with Gasteiger partial charge in [0.25, 0.3) is 0 Å². The predicted molar refractivity (Wildman–Crippen MR) is 74.8 cm³/mol. The molecule has 0 radical (unpaired) electrons. The second-order valence-electron chi connectivity index (χ2n) is 6.18. The maximum atomic E-state index is 7.17. The Balaban J connectivity index is 0.00000120. The van der Waals surface area contributed by atoms with Crippen LogP contribution in [0, 0.1) is 23.2 Å². The standard InChI is InChI=1S/C12H21N5.ClH/c13-10(14)16-11(15)17-12-4-7-1-8(5-12)3-9(2-7)6-12;/h7-9H,1-6H2,(H6,13,14,15,16,17);1H. The number of hydrogen-bond donors (Lipinski definition) is 4. The van der Waals surface area contributed by atoms with Crippen LogP contribution in [0.3, 0.4) is 0 Å². The quantitative estimate of drug-likeness (QED) is 0.425. The summed E-state index contributed by atoms with van der Waals surface area (Å²) < 4.78 is 0. The van der Waals surface area contributed by atoms with Gasteiger partial charge < -0.3 is 11.5 Å². The molecule has 18 heavy (non-hydrogen) atoms. The highest BCUT2D eigenvalue weighted by Crippen LogP contribution is 2.57. The first kappa shape index (κ1) is 13.5. The van der Waals surface area contributed by atoms with Crippen LogP contribution < -0.4 is 16.8 Å². The van der Waals surface area contributed by atoms with Crippen LogP contribution in [0.4, 0.5) is 0 Å². The molecule has 0 aliphatic heterocycles. The summed E-state index contributed by atoms with van der Waals surface area (Å²) in [6.45, 7) is 0. The van der Waals surface area contributed by atoms with Crippen LogP contribution in [0.1, 0.15) is 38.5 Å². The van der Waals surface area contributed by atoms with E-state index in [0.717, 1.165) is 17.8 Å². The van der Waals surface area contributed by atoms with Crippen molar-refractivity contribution in [2.75, 3.05) is 0 Å². The smallest absolute Gasteiger partial charge is 0.195 e. The van der Waals surface area contributed by atoms with Gasteiger partial charge in [-0.3, -0.25) is 10.7 Å². The zero-order valence-electron chi connectivity index (χ0n) is 10.5. The van der Waals surface area contributed by atoms with Crippen LogP contribution in [0.5, 0.6) is 0 Å². The van der Waals surface area contributed by atoms with Gasteiger partial charge in [-0.2, -0.15) is 0 Å². The number of guanidine groups is 2. The fraction of sp³-hybridized carbons (Fsp3) is 0.833. The van der Waals surface area contributed by atoms with Crippen LogP contribution in [-0.4, -0.2) is 17.5 Å². The molecule has 4 rings (SSSR count). The summed E-state index contributed by atoms with van der Waals surface area (Å²) in [6, 6.07) is 0. The molecule has 0 atom stereocenters. The molecule has 0 aromatic heterocycles. The minimum Gasteiger partial charge on any atom is -0.370 e. The summed E-state index contributed by atoms with van der Waals surface area (Å²) in [7, 11) is 0. The van der Waals surface area contributed by atoms with E-state index in [4.69, 9.17) is 16.9 Å². The fourth-order valence-electron chi connectivity index (χ4n) is 4.62. The maximum Gasteiger partial charge on any atom is 0.195 e. The number of rotatable bonds is 1. The lowest BCUT2D eigenvalue weighted by Gasteiger charge is -2.54. The number of nitrogens with zero attached hydrogens (tertiary/aromatic N) is 1. The third-order valence-corrected chi connectivity index (χ3v) is 4.63. The molecule has 0 heterocycles. The number of hydrogen-bond acceptors (Lipinski definition) is 2. The van der Waals surface area contributed by atoms with E-state index < -0.39 is 0 Å². The van der Waals surface area contributed by atoms with Gasteiger partial charge in [0.15, 0.2) is 11.9 Å². The molecule has 0 aromatic carbocycles. The van der Waals surface area contributed by atoms with Crippen LogP contribution in [0.25, 0.3) is 0 Å². The second-order valence-corrected chi connectivity index (χ2v) is 6.18. The number of nitrogens with one attached hydrogen (secondary N) is 2. The Morgan fingerprint density at radius 3 is 1.89 bits per heavy atom. The lowest BCUT2D eigenvalue weighted by molar-refractivity contribution is 0.00152. The van der Waals surface area contributed by atoms with E-state index in [0.29, 0.717) is 5.96 Å². The van der Waals surface area contributed by atoms with E-state index in [9.17, 15) is 0 Å². The highest BCUT2D eigenvalue weighted by molar-refractivity contribution is 5.95. The molecule has 102 valence electrons. The first-order valence-corrected chi connectivity index (χ1v) is 6.51. The van der Waals surface area contributed by atoms with Gasteiger partial charge in [0.05, 0.1) is 5.54 Å². The molecule has 4 aliphatic rings. The largest absolute Gasteiger partial charge is 0.370 e. The molecule has 4 bridgehead atoms. The number of aliphatic imine (C=N–C) groups is 1. The van der Waals surface area contributed by atoms with E-state index >= 15 is 0 Å². The lowest BCUT2D eigenvalue weighted by Crippen LogP contribution is -2.51. The van der Waals surface area contributed by atoms with Gasteiger partial charge in [-0.15, -0.1) is 12.4 Å². The van der Waals surface area contributed by atoms with E-state index in [2.05, 4.69) is 10.3 Å². The Kier molecular flexibility index (Phi) is 3.45. The first-order valence-electron chi connectivity index (χ1n) is 6.51. The van der Waals surface area contributed by atoms with Crippen molar-refractivity contribution in [3.05, 3.63) is 0 Å². The van der Waals surface area contributed by atoms with Crippen molar-refractivity contribution in [1.82, 2.24) is 5.32 Å². The van der Waals surface area contributed by atoms with Gasteiger partial charge in [-0.1, -0.05) is 0 Å². The summed E-state index contributed by atoms with van der Waals surface area (Å²) in [5.74, 6) is 2.76. The average Bonchev–Trinajstić information content (AvgIpc) is 2.11. The Bertz CT molecular complexity index is 343. The van der Waals surface area contributed by atoms with Crippen molar-refractivity contribution >= 4 is 24.3 Å². The summed E-state index contributed by atoms with van der Waals surface area (Å²) in [5, 5.41) is 9.78. The van der Waals surface area contributed by atoms with Gasteiger partial charge in [-0.05, 0) is 56.3 Å². The van der Waals surface area contributed by atoms with Gasteiger partial charge in [-0.25, -0.2) is 4.99 Å². The molecule has 5 nitrogen and oxygen atoms in total. The third kappa shape index (κ3) is 2.41. The Labute approximate surface area is 114 Å². The molecule has 0 spiro atoms. The molecule has 6 N–H and O–H groups in total. The summed E-state index contributed by atoms with van der Waals surface area (Å²) in [4.78, 5) is 4.67. The summed E-state index contributed by atoms with van der Waals surface area (Å²) in [6.07, 6.45) is 7.73. The Hall–Kier alpha value is -0.970. The monoisotopic (exact) mass is 271 g/mol. The van der Waals surface area contributed by atoms with E-state index in [-0.39, 0.29) is 23.9 Å². The molecule has 0 amide bonds. The van der Waals surface area contributed by atoms with Crippen LogP contribution in [-0.2, 0) is 0 Å². The van der Waals surface area contributed by atoms with E-state index in [1.165, 1.54) is 38.5 Å². The zero-order chi connectivity index (χ0) is 12.0. The average molecular weight is 272 g/mol. The van der Waals surface area contributed by atoms with Gasteiger partial charge in [0, 0.05) is 0 Å². The fourth-order valence-corrected chi connectivity index (χ4v) is 4.62. The van der Waals surface area contributed by atoms with E-state index in [1.807, 2.05) is 0 Å². The number of nitrogens with two attached hydrogens (primary N) is 2. The molecule has 0 unspecified atom stereocenters. The molecule has 4 fully saturated rings. The Morgan fingerprint density at radius 2 is 1.50 bits per heavy atom. The Morgan fingerprint density at radius 1 is 1.06 bits per heavy atom. The first-order chi connectivity index (χ1) is 8.05. The van der Waals surface area contributed by atoms with E-state index in [1.54, 1.807) is 0 Å². The van der Waals surface area contributed by atoms with Gasteiger partial charge >= 0.3 is 0 Å². The topological polar surface area (TPSA) is 100 Å². The molecular formula is C12H22ClN5. The lowest BCUT2D eigenvalue weighted by atomic mass is 9.53. The normalized spacial score (nSPS) is 41.3. The zero-order valence-corrected chi connectivity index (χ0v) is 11.3.